The van der Waals surface area contributed by atoms with Crippen molar-refractivity contribution in [2.24, 2.45) is 5.73 Å². The molecule has 0 fully saturated rings. The van der Waals surface area contributed by atoms with E-state index in [2.05, 4.69) is 0 Å². The van der Waals surface area contributed by atoms with Gasteiger partial charge in [0.25, 0.3) is 5.91 Å². The molecule has 0 saturated carbocycles. The minimum absolute atomic E-state index is 0.292. The van der Waals surface area contributed by atoms with Gasteiger partial charge in [-0.3, -0.25) is 14.8 Å². The molecule has 0 saturated heterocycles. The van der Waals surface area contributed by atoms with Crippen molar-refractivity contribution < 1.29 is 19.2 Å². The molecule has 3 aromatic rings. The number of rotatable bonds is 4. The van der Waals surface area contributed by atoms with Crippen LogP contribution in [-0.2, 0) is 0 Å². The summed E-state index contributed by atoms with van der Waals surface area (Å²) < 4.78 is 13.0. The van der Waals surface area contributed by atoms with Crippen molar-refractivity contribution in [3.05, 3.63) is 83.2 Å². The second-order valence-corrected chi connectivity index (χ2v) is 6.02. The summed E-state index contributed by atoms with van der Waals surface area (Å²) in [5, 5.41) is 12.4. The number of nitrogens with two attached hydrogens (primary N) is 1. The zero-order valence-electron chi connectivity index (χ0n) is 14.0. The van der Waals surface area contributed by atoms with Crippen molar-refractivity contribution in [2.75, 3.05) is 0 Å². The molecule has 0 radical (unpaired) electrons. The lowest BCUT2D eigenvalue weighted by Gasteiger charge is -2.23. The maximum absolute atomic E-state index is 13.0. The van der Waals surface area contributed by atoms with Crippen molar-refractivity contribution >= 4 is 22.6 Å². The van der Waals surface area contributed by atoms with Crippen LogP contribution in [0.15, 0.2) is 60.7 Å². The largest absolute Gasteiger partial charge is 0.366 e. The summed E-state index contributed by atoms with van der Waals surface area (Å²) in [5.74, 6) is -1.49. The molecule has 0 spiro atoms. The number of hydrogen-bond donors (Lipinski definition) is 2. The number of amides is 2. The van der Waals surface area contributed by atoms with Gasteiger partial charge in [-0.25, -0.2) is 9.45 Å². The summed E-state index contributed by atoms with van der Waals surface area (Å²) >= 11 is 0. The Bertz CT molecular complexity index is 986. The van der Waals surface area contributed by atoms with Crippen LogP contribution in [0.3, 0.4) is 0 Å². The van der Waals surface area contributed by atoms with E-state index < -0.39 is 17.9 Å². The molecule has 3 rings (SSSR count). The number of halogens is 1. The van der Waals surface area contributed by atoms with Crippen molar-refractivity contribution in [1.29, 1.82) is 0 Å². The van der Waals surface area contributed by atoms with E-state index in [4.69, 9.17) is 5.73 Å². The highest BCUT2D eigenvalue weighted by atomic mass is 19.1. The Labute approximate surface area is 149 Å². The summed E-state index contributed by atoms with van der Waals surface area (Å²) in [6.07, 6.45) is 0. The van der Waals surface area contributed by atoms with Crippen LogP contribution in [0.25, 0.3) is 10.8 Å². The van der Waals surface area contributed by atoms with Crippen molar-refractivity contribution in [3.63, 3.8) is 0 Å². The number of nitrogens with zero attached hydrogens (tertiary/aromatic N) is 1. The van der Waals surface area contributed by atoms with Crippen molar-refractivity contribution in [1.82, 2.24) is 5.06 Å². The van der Waals surface area contributed by atoms with E-state index in [9.17, 15) is 19.2 Å². The SMILES string of the molecule is CC(c1ccc(F)cc1)N(O)C(=O)c1ccc2cc(C(N)=O)ccc2c1. The minimum Gasteiger partial charge on any atom is -0.366 e. The number of primary amides is 1. The van der Waals surface area contributed by atoms with Gasteiger partial charge in [-0.05, 0) is 59.7 Å². The molecule has 3 aromatic carbocycles. The summed E-state index contributed by atoms with van der Waals surface area (Å²) in [5.41, 5.74) is 6.54. The van der Waals surface area contributed by atoms with Gasteiger partial charge in [0.1, 0.15) is 5.82 Å². The molecule has 1 unspecified atom stereocenters. The molecule has 6 heteroatoms. The van der Waals surface area contributed by atoms with E-state index in [1.54, 1.807) is 43.3 Å². The maximum Gasteiger partial charge on any atom is 0.277 e. The highest BCUT2D eigenvalue weighted by Crippen LogP contribution is 2.23. The van der Waals surface area contributed by atoms with Crippen LogP contribution >= 0.6 is 0 Å². The van der Waals surface area contributed by atoms with Crippen LogP contribution in [0.2, 0.25) is 0 Å². The molecular weight excluding hydrogens is 335 g/mol. The first kappa shape index (κ1) is 17.6. The Morgan fingerprint density at radius 3 is 2.08 bits per heavy atom. The maximum atomic E-state index is 13.0. The molecule has 0 aliphatic rings. The normalized spacial score (nSPS) is 12.0. The lowest BCUT2D eigenvalue weighted by molar-refractivity contribution is -0.0854. The number of fused-ring (bicyclic) bond motifs is 1. The smallest absolute Gasteiger partial charge is 0.277 e. The van der Waals surface area contributed by atoms with Crippen molar-refractivity contribution in [3.8, 4) is 0 Å². The van der Waals surface area contributed by atoms with E-state index in [1.165, 1.54) is 24.3 Å². The lowest BCUT2D eigenvalue weighted by Crippen LogP contribution is -2.30. The molecule has 5 nitrogen and oxygen atoms in total. The average molecular weight is 352 g/mol. The van der Waals surface area contributed by atoms with Crippen molar-refractivity contribution in [2.45, 2.75) is 13.0 Å². The first-order valence-corrected chi connectivity index (χ1v) is 7.98. The van der Waals surface area contributed by atoms with Crippen LogP contribution < -0.4 is 5.73 Å². The zero-order valence-corrected chi connectivity index (χ0v) is 14.0. The second kappa shape index (κ2) is 6.93. The predicted octanol–water partition coefficient (Wildman–Crippen LogP) is 3.67. The summed E-state index contributed by atoms with van der Waals surface area (Å²) in [6.45, 7) is 1.64. The van der Waals surface area contributed by atoms with Gasteiger partial charge in [-0.15, -0.1) is 0 Å². The van der Waals surface area contributed by atoms with Gasteiger partial charge in [-0.2, -0.15) is 0 Å². The van der Waals surface area contributed by atoms with Gasteiger partial charge in [0.05, 0.1) is 6.04 Å². The molecule has 0 bridgehead atoms. The standard InChI is InChI=1S/C20H17FN2O3/c1-12(13-6-8-18(21)9-7-13)23(26)20(25)17-5-3-14-10-16(19(22)24)4-2-15(14)11-17/h2-12,26H,1H3,(H2,22,24). The van der Waals surface area contributed by atoms with Crippen LogP contribution in [0.1, 0.15) is 39.2 Å². The molecule has 0 heterocycles. The molecule has 26 heavy (non-hydrogen) atoms. The van der Waals surface area contributed by atoms with Crippen LogP contribution in [0.4, 0.5) is 4.39 Å². The first-order chi connectivity index (χ1) is 12.4. The monoisotopic (exact) mass is 352 g/mol. The number of carbonyl (C=O) groups excluding carboxylic acids is 2. The Balaban J connectivity index is 1.87. The first-order valence-electron chi connectivity index (χ1n) is 7.98. The molecule has 3 N–H and O–H groups in total. The van der Waals surface area contributed by atoms with Crippen LogP contribution in [0, 0.1) is 5.82 Å². The third-order valence-corrected chi connectivity index (χ3v) is 4.30. The fourth-order valence-electron chi connectivity index (χ4n) is 2.72. The third-order valence-electron chi connectivity index (χ3n) is 4.30. The molecule has 0 aromatic heterocycles. The Kier molecular flexibility index (Phi) is 4.69. The van der Waals surface area contributed by atoms with Gasteiger partial charge in [0.15, 0.2) is 0 Å². The number of hydrogen-bond acceptors (Lipinski definition) is 3. The molecule has 1 atom stereocenters. The van der Waals surface area contributed by atoms with Crippen LogP contribution in [0.5, 0.6) is 0 Å². The lowest BCUT2D eigenvalue weighted by atomic mass is 10.0. The van der Waals surface area contributed by atoms with E-state index in [1.807, 2.05) is 0 Å². The fraction of sp³-hybridized carbons (Fsp3) is 0.100. The Morgan fingerprint density at radius 1 is 0.962 bits per heavy atom. The highest BCUT2D eigenvalue weighted by Gasteiger charge is 2.21. The van der Waals surface area contributed by atoms with Gasteiger partial charge in [-0.1, -0.05) is 24.3 Å². The Morgan fingerprint density at radius 2 is 1.50 bits per heavy atom. The summed E-state index contributed by atoms with van der Waals surface area (Å²) in [4.78, 5) is 23.8. The summed E-state index contributed by atoms with van der Waals surface area (Å²) in [6, 6.07) is 14.7. The third kappa shape index (κ3) is 3.41. The van der Waals surface area contributed by atoms with Gasteiger partial charge in [0, 0.05) is 11.1 Å². The fourth-order valence-corrected chi connectivity index (χ4v) is 2.72. The highest BCUT2D eigenvalue weighted by molar-refractivity contribution is 6.01. The van der Waals surface area contributed by atoms with Gasteiger partial charge in [0.2, 0.25) is 5.91 Å². The Hall–Kier alpha value is -3.25. The van der Waals surface area contributed by atoms with Gasteiger partial charge >= 0.3 is 0 Å². The molecule has 2 amide bonds. The number of benzene rings is 3. The summed E-state index contributed by atoms with van der Waals surface area (Å²) in [7, 11) is 0. The zero-order chi connectivity index (χ0) is 18.8. The number of carbonyl (C=O) groups is 2. The minimum atomic E-state index is -0.643. The van der Waals surface area contributed by atoms with E-state index >= 15 is 0 Å². The second-order valence-electron chi connectivity index (χ2n) is 6.02. The average Bonchev–Trinajstić information content (AvgIpc) is 2.66. The van der Waals surface area contributed by atoms with E-state index in [0.717, 1.165) is 10.8 Å². The van der Waals surface area contributed by atoms with Crippen LogP contribution in [-0.4, -0.2) is 22.1 Å². The molecule has 0 aliphatic carbocycles. The molecule has 132 valence electrons. The van der Waals surface area contributed by atoms with E-state index in [-0.39, 0.29) is 5.82 Å². The molecule has 0 aliphatic heterocycles. The quantitative estimate of drug-likeness (QED) is 0.555. The van der Waals surface area contributed by atoms with Gasteiger partial charge < -0.3 is 5.73 Å². The topological polar surface area (TPSA) is 83.6 Å². The van der Waals surface area contributed by atoms with E-state index in [0.29, 0.717) is 21.8 Å². The predicted molar refractivity (Wildman–Crippen MR) is 95.2 cm³/mol. The molecular formula is C20H17FN2O3. The number of hydroxylamine groups is 2.